The molecule has 3 N–H and O–H groups in total. The van der Waals surface area contributed by atoms with Gasteiger partial charge in [0.15, 0.2) is 5.72 Å². The Labute approximate surface area is 152 Å². The first kappa shape index (κ1) is 18.8. The van der Waals surface area contributed by atoms with Crippen LogP contribution in [-0.4, -0.2) is 16.8 Å². The van der Waals surface area contributed by atoms with E-state index in [-0.39, 0.29) is 0 Å². The molecule has 0 saturated carbocycles. The maximum absolute atomic E-state index is 11.6. The van der Waals surface area contributed by atoms with Gasteiger partial charge in [0.2, 0.25) is 0 Å². The summed E-state index contributed by atoms with van der Waals surface area (Å²) in [6.07, 6.45) is 0.962. The molecular formula is C20H22NO4P. The fourth-order valence-corrected chi connectivity index (χ4v) is 3.98. The van der Waals surface area contributed by atoms with E-state index in [1.165, 1.54) is 0 Å². The maximum Gasteiger partial charge on any atom is 0.471 e. The highest BCUT2D eigenvalue weighted by atomic mass is 31.2. The minimum atomic E-state index is -4.70. The number of fused-ring (bicyclic) bond motifs is 1. The second-order valence-electron chi connectivity index (χ2n) is 6.16. The largest absolute Gasteiger partial charge is 0.471 e. The van der Waals surface area contributed by atoms with Gasteiger partial charge in [-0.25, -0.2) is 4.57 Å². The van der Waals surface area contributed by atoms with E-state index < -0.39 is 13.5 Å². The number of phosphoric ester groups is 1. The summed E-state index contributed by atoms with van der Waals surface area (Å²) in [5.41, 5.74) is 0.496. The van der Waals surface area contributed by atoms with Gasteiger partial charge in [-0.1, -0.05) is 72.8 Å². The summed E-state index contributed by atoms with van der Waals surface area (Å²) in [4.78, 5) is 18.9. The standard InChI is InChI=1S/C20H22NO4P/c1-21-20(25-26(22,23)24,18-11-3-2-4-12-18)15-14-17-10-7-9-16-8-5-6-13-19(16)17/h2-13,21H,14-15H2,1H3,(H2,22,23,24). The summed E-state index contributed by atoms with van der Waals surface area (Å²) in [6, 6.07) is 23.3. The van der Waals surface area contributed by atoms with Crippen molar-refractivity contribution in [2.45, 2.75) is 18.6 Å². The number of aryl methyl sites for hydroxylation is 1. The number of benzene rings is 3. The topological polar surface area (TPSA) is 78.8 Å². The van der Waals surface area contributed by atoms with Gasteiger partial charge in [0.1, 0.15) is 0 Å². The third-order valence-electron chi connectivity index (χ3n) is 4.55. The fourth-order valence-electron chi connectivity index (χ4n) is 3.29. The molecule has 0 bridgehead atoms. The average molecular weight is 371 g/mol. The van der Waals surface area contributed by atoms with Crippen LogP contribution in [0.25, 0.3) is 10.8 Å². The molecule has 0 heterocycles. The van der Waals surface area contributed by atoms with Crippen LogP contribution in [0.5, 0.6) is 0 Å². The zero-order valence-corrected chi connectivity index (χ0v) is 15.4. The highest BCUT2D eigenvalue weighted by Gasteiger charge is 2.38. The Morgan fingerprint density at radius 3 is 2.31 bits per heavy atom. The van der Waals surface area contributed by atoms with Crippen molar-refractivity contribution < 1.29 is 18.9 Å². The van der Waals surface area contributed by atoms with Crippen molar-refractivity contribution >= 4 is 18.6 Å². The lowest BCUT2D eigenvalue weighted by atomic mass is 9.93. The molecule has 26 heavy (non-hydrogen) atoms. The van der Waals surface area contributed by atoms with Crippen molar-refractivity contribution in [3.63, 3.8) is 0 Å². The Morgan fingerprint density at radius 2 is 1.62 bits per heavy atom. The van der Waals surface area contributed by atoms with Crippen molar-refractivity contribution in [3.05, 3.63) is 83.9 Å². The quantitative estimate of drug-likeness (QED) is 0.433. The minimum absolute atomic E-state index is 0.368. The number of nitrogens with one attached hydrogen (secondary N) is 1. The molecule has 6 heteroatoms. The molecule has 5 nitrogen and oxygen atoms in total. The number of rotatable bonds is 7. The molecule has 0 spiro atoms. The van der Waals surface area contributed by atoms with E-state index in [1.54, 1.807) is 19.2 Å². The van der Waals surface area contributed by atoms with E-state index in [1.807, 2.05) is 54.6 Å². The predicted molar refractivity (Wildman–Crippen MR) is 103 cm³/mol. The zero-order valence-electron chi connectivity index (χ0n) is 14.5. The van der Waals surface area contributed by atoms with E-state index in [0.717, 1.165) is 16.3 Å². The van der Waals surface area contributed by atoms with Crippen molar-refractivity contribution in [1.29, 1.82) is 0 Å². The average Bonchev–Trinajstić information content (AvgIpc) is 2.65. The lowest BCUT2D eigenvalue weighted by Gasteiger charge is -2.34. The van der Waals surface area contributed by atoms with Gasteiger partial charge in [0, 0.05) is 0 Å². The molecule has 3 aromatic carbocycles. The van der Waals surface area contributed by atoms with Crippen molar-refractivity contribution in [1.82, 2.24) is 5.32 Å². The molecule has 0 radical (unpaired) electrons. The molecular weight excluding hydrogens is 349 g/mol. The van der Waals surface area contributed by atoms with Crippen LogP contribution in [0.4, 0.5) is 0 Å². The molecule has 1 atom stereocenters. The van der Waals surface area contributed by atoms with Crippen molar-refractivity contribution in [3.8, 4) is 0 Å². The summed E-state index contributed by atoms with van der Waals surface area (Å²) in [5.74, 6) is 0. The molecule has 3 rings (SSSR count). The Bertz CT molecular complexity index is 920. The normalized spacial score (nSPS) is 14.3. The van der Waals surface area contributed by atoms with Crippen LogP contribution < -0.4 is 5.32 Å². The van der Waals surface area contributed by atoms with Gasteiger partial charge < -0.3 is 9.79 Å². The first-order valence-corrected chi connectivity index (χ1v) is 9.94. The lowest BCUT2D eigenvalue weighted by molar-refractivity contribution is -0.00116. The van der Waals surface area contributed by atoms with Gasteiger partial charge in [-0.3, -0.25) is 9.84 Å². The Hall–Kier alpha value is -2.01. The van der Waals surface area contributed by atoms with Gasteiger partial charge in [0.05, 0.1) is 0 Å². The van der Waals surface area contributed by atoms with Crippen LogP contribution >= 0.6 is 7.82 Å². The molecule has 0 aliphatic rings. The van der Waals surface area contributed by atoms with E-state index in [4.69, 9.17) is 4.52 Å². The van der Waals surface area contributed by atoms with Gasteiger partial charge >= 0.3 is 7.82 Å². The zero-order chi connectivity index (χ0) is 18.6. The Balaban J connectivity index is 1.96. The molecule has 0 saturated heterocycles. The van der Waals surface area contributed by atoms with Crippen LogP contribution in [0.2, 0.25) is 0 Å². The number of hydrogen-bond acceptors (Lipinski definition) is 3. The fraction of sp³-hybridized carbons (Fsp3) is 0.200. The molecule has 0 aromatic heterocycles. The van der Waals surface area contributed by atoms with Crippen LogP contribution in [0.3, 0.4) is 0 Å². The van der Waals surface area contributed by atoms with E-state index in [9.17, 15) is 14.4 Å². The smallest absolute Gasteiger partial charge is 0.303 e. The van der Waals surface area contributed by atoms with Crippen LogP contribution in [0.1, 0.15) is 17.5 Å². The molecule has 3 aromatic rings. The summed E-state index contributed by atoms with van der Waals surface area (Å²) < 4.78 is 16.9. The van der Waals surface area contributed by atoms with Crippen LogP contribution in [0, 0.1) is 0 Å². The highest BCUT2D eigenvalue weighted by molar-refractivity contribution is 7.46. The summed E-state index contributed by atoms with van der Waals surface area (Å²) in [7, 11) is -3.06. The highest BCUT2D eigenvalue weighted by Crippen LogP contribution is 2.46. The molecule has 136 valence electrons. The van der Waals surface area contributed by atoms with Gasteiger partial charge in [-0.05, 0) is 41.8 Å². The first-order chi connectivity index (χ1) is 12.4. The lowest BCUT2D eigenvalue weighted by Crippen LogP contribution is -2.42. The van der Waals surface area contributed by atoms with Gasteiger partial charge in [-0.2, -0.15) is 0 Å². The van der Waals surface area contributed by atoms with E-state index >= 15 is 0 Å². The van der Waals surface area contributed by atoms with Crippen LogP contribution in [0.15, 0.2) is 72.8 Å². The van der Waals surface area contributed by atoms with Gasteiger partial charge in [-0.15, -0.1) is 0 Å². The molecule has 0 aliphatic carbocycles. The third kappa shape index (κ3) is 4.21. The summed E-state index contributed by atoms with van der Waals surface area (Å²) in [5, 5.41) is 5.26. The molecule has 1 unspecified atom stereocenters. The minimum Gasteiger partial charge on any atom is -0.303 e. The van der Waals surface area contributed by atoms with Gasteiger partial charge in [0.25, 0.3) is 0 Å². The van der Waals surface area contributed by atoms with Crippen molar-refractivity contribution in [2.75, 3.05) is 7.05 Å². The SMILES string of the molecule is CNC(CCc1cccc2ccccc12)(OP(=O)(O)O)c1ccccc1. The Morgan fingerprint density at radius 1 is 0.962 bits per heavy atom. The van der Waals surface area contributed by atoms with E-state index in [2.05, 4.69) is 11.4 Å². The van der Waals surface area contributed by atoms with Crippen molar-refractivity contribution in [2.24, 2.45) is 0 Å². The summed E-state index contributed by atoms with van der Waals surface area (Å²) >= 11 is 0. The second kappa shape index (κ2) is 7.70. The second-order valence-corrected chi connectivity index (χ2v) is 7.33. The number of hydrogen-bond donors (Lipinski definition) is 3. The molecule has 0 amide bonds. The number of phosphoric acid groups is 1. The maximum atomic E-state index is 11.6. The van der Waals surface area contributed by atoms with Crippen LogP contribution in [-0.2, 0) is 21.2 Å². The first-order valence-electron chi connectivity index (χ1n) is 8.41. The molecule has 0 aliphatic heterocycles. The predicted octanol–water partition coefficient (Wildman–Crippen LogP) is 3.95. The monoisotopic (exact) mass is 371 g/mol. The summed E-state index contributed by atoms with van der Waals surface area (Å²) in [6.45, 7) is 0. The molecule has 0 fully saturated rings. The Kier molecular flexibility index (Phi) is 5.56. The van der Waals surface area contributed by atoms with E-state index in [0.29, 0.717) is 18.4 Å². The third-order valence-corrected chi connectivity index (χ3v) is 5.09.